The normalized spacial score (nSPS) is 17.4. The first-order valence-corrected chi connectivity index (χ1v) is 10.0. The number of ether oxygens (including phenoxy) is 2. The van der Waals surface area contributed by atoms with Crippen LogP contribution >= 0.6 is 0 Å². The molecule has 1 N–H and O–H groups in total. The molecule has 1 fully saturated rings. The number of likely N-dealkylation sites (tertiary alicyclic amines) is 1. The van der Waals surface area contributed by atoms with E-state index in [-0.39, 0.29) is 12.1 Å². The summed E-state index contributed by atoms with van der Waals surface area (Å²) in [5.41, 5.74) is 1.10. The van der Waals surface area contributed by atoms with Crippen LogP contribution in [0.15, 0.2) is 24.3 Å². The van der Waals surface area contributed by atoms with E-state index in [2.05, 4.69) is 15.3 Å². The molecule has 0 radical (unpaired) electrons. The first kappa shape index (κ1) is 20.2. The molecule has 7 heteroatoms. The van der Waals surface area contributed by atoms with Gasteiger partial charge < -0.3 is 19.7 Å². The Morgan fingerprint density at radius 2 is 1.93 bits per heavy atom. The molecule has 0 bridgehead atoms. The Balaban J connectivity index is 1.75. The highest BCUT2D eigenvalue weighted by molar-refractivity contribution is 5.77. The maximum Gasteiger partial charge on any atom is 0.410 e. The SMILES string of the molecule is CCOc1nc2ccccc2nc1NC[C@H]1CCCCN1C(=O)OC(C)(C)C. The molecule has 0 aliphatic carbocycles. The van der Waals surface area contributed by atoms with E-state index in [0.29, 0.717) is 31.4 Å². The standard InChI is InChI=1S/C21H30N4O3/c1-5-27-19-18(23-16-11-6-7-12-17(16)24-19)22-14-15-10-8-9-13-25(15)20(26)28-21(2,3)4/h6-7,11-12,15H,5,8-10,13-14H2,1-4H3,(H,22,23)/t15-/m1/s1. The number of para-hydroxylation sites is 2. The number of hydrogen-bond donors (Lipinski definition) is 1. The molecule has 1 atom stereocenters. The van der Waals surface area contributed by atoms with Crippen molar-refractivity contribution >= 4 is 22.9 Å². The number of fused-ring (bicyclic) bond motifs is 1. The molecule has 7 nitrogen and oxygen atoms in total. The maximum absolute atomic E-state index is 12.6. The monoisotopic (exact) mass is 386 g/mol. The smallest absolute Gasteiger partial charge is 0.410 e. The highest BCUT2D eigenvalue weighted by atomic mass is 16.6. The van der Waals surface area contributed by atoms with Gasteiger partial charge in [0.15, 0.2) is 5.82 Å². The Morgan fingerprint density at radius 1 is 1.21 bits per heavy atom. The fourth-order valence-corrected chi connectivity index (χ4v) is 3.32. The molecule has 2 aromatic rings. The molecule has 0 spiro atoms. The largest absolute Gasteiger partial charge is 0.475 e. The van der Waals surface area contributed by atoms with Crippen LogP contribution in [0.4, 0.5) is 10.6 Å². The van der Waals surface area contributed by atoms with Crippen molar-refractivity contribution in [2.45, 2.75) is 58.6 Å². The van der Waals surface area contributed by atoms with Crippen molar-refractivity contribution in [3.05, 3.63) is 24.3 Å². The van der Waals surface area contributed by atoms with Gasteiger partial charge >= 0.3 is 6.09 Å². The summed E-state index contributed by atoms with van der Waals surface area (Å²) in [6.07, 6.45) is 2.76. The molecular formula is C21H30N4O3. The lowest BCUT2D eigenvalue weighted by molar-refractivity contribution is 0.0114. The number of piperidine rings is 1. The van der Waals surface area contributed by atoms with E-state index < -0.39 is 5.60 Å². The van der Waals surface area contributed by atoms with Crippen LogP contribution in [0.3, 0.4) is 0 Å². The lowest BCUT2D eigenvalue weighted by atomic mass is 10.0. The number of anilines is 1. The van der Waals surface area contributed by atoms with Crippen LogP contribution in [0.2, 0.25) is 0 Å². The van der Waals surface area contributed by atoms with Crippen molar-refractivity contribution in [1.29, 1.82) is 0 Å². The number of hydrogen-bond acceptors (Lipinski definition) is 6. The van der Waals surface area contributed by atoms with Gasteiger partial charge in [-0.25, -0.2) is 14.8 Å². The van der Waals surface area contributed by atoms with Gasteiger partial charge in [-0.3, -0.25) is 0 Å². The second-order valence-electron chi connectivity index (χ2n) is 8.00. The van der Waals surface area contributed by atoms with Crippen molar-refractivity contribution in [2.24, 2.45) is 0 Å². The second kappa shape index (κ2) is 8.63. The van der Waals surface area contributed by atoms with Gasteiger partial charge in [0.25, 0.3) is 5.88 Å². The number of amides is 1. The summed E-state index contributed by atoms with van der Waals surface area (Å²) in [7, 11) is 0. The topological polar surface area (TPSA) is 76.6 Å². The molecule has 28 heavy (non-hydrogen) atoms. The first-order chi connectivity index (χ1) is 13.4. The fourth-order valence-electron chi connectivity index (χ4n) is 3.32. The van der Waals surface area contributed by atoms with Gasteiger partial charge in [-0.15, -0.1) is 0 Å². The number of carbonyl (C=O) groups is 1. The van der Waals surface area contributed by atoms with E-state index in [4.69, 9.17) is 9.47 Å². The molecule has 1 aliphatic heterocycles. The average molecular weight is 386 g/mol. The third kappa shape index (κ3) is 5.03. The minimum atomic E-state index is -0.502. The van der Waals surface area contributed by atoms with Crippen LogP contribution in [0.1, 0.15) is 47.0 Å². The molecule has 1 aromatic heterocycles. The highest BCUT2D eigenvalue weighted by Crippen LogP contribution is 2.25. The van der Waals surface area contributed by atoms with E-state index in [9.17, 15) is 4.79 Å². The maximum atomic E-state index is 12.6. The van der Waals surface area contributed by atoms with Gasteiger partial charge in [0.1, 0.15) is 5.60 Å². The minimum Gasteiger partial charge on any atom is -0.475 e. The molecule has 152 valence electrons. The Hall–Kier alpha value is -2.57. The Kier molecular flexibility index (Phi) is 6.21. The van der Waals surface area contributed by atoms with Crippen molar-refractivity contribution in [1.82, 2.24) is 14.9 Å². The third-order valence-corrected chi connectivity index (χ3v) is 4.58. The van der Waals surface area contributed by atoms with Crippen molar-refractivity contribution < 1.29 is 14.3 Å². The molecular weight excluding hydrogens is 356 g/mol. The fraction of sp³-hybridized carbons (Fsp3) is 0.571. The molecule has 0 saturated carbocycles. The average Bonchev–Trinajstić information content (AvgIpc) is 2.65. The lowest BCUT2D eigenvalue weighted by Crippen LogP contribution is -2.49. The summed E-state index contributed by atoms with van der Waals surface area (Å²) in [6, 6.07) is 7.76. The van der Waals surface area contributed by atoms with Crippen LogP contribution in [0, 0.1) is 0 Å². The molecule has 1 aromatic carbocycles. The highest BCUT2D eigenvalue weighted by Gasteiger charge is 2.30. The molecule has 2 heterocycles. The van der Waals surface area contributed by atoms with Gasteiger partial charge in [-0.2, -0.15) is 0 Å². The summed E-state index contributed by atoms with van der Waals surface area (Å²) < 4.78 is 11.3. The van der Waals surface area contributed by atoms with E-state index in [0.717, 1.165) is 30.3 Å². The predicted molar refractivity (Wildman–Crippen MR) is 110 cm³/mol. The summed E-state index contributed by atoms with van der Waals surface area (Å²) >= 11 is 0. The van der Waals surface area contributed by atoms with Gasteiger partial charge in [0.2, 0.25) is 0 Å². The Morgan fingerprint density at radius 3 is 2.61 bits per heavy atom. The van der Waals surface area contributed by atoms with Gasteiger partial charge in [0.05, 0.1) is 23.7 Å². The van der Waals surface area contributed by atoms with Crippen LogP contribution in [-0.2, 0) is 4.74 Å². The Labute approximate surface area is 166 Å². The van der Waals surface area contributed by atoms with Gasteiger partial charge in [-0.1, -0.05) is 12.1 Å². The summed E-state index contributed by atoms with van der Waals surface area (Å²) in [4.78, 5) is 23.7. The second-order valence-corrected chi connectivity index (χ2v) is 8.00. The van der Waals surface area contributed by atoms with E-state index >= 15 is 0 Å². The summed E-state index contributed by atoms with van der Waals surface area (Å²) in [6.45, 7) is 9.39. The van der Waals surface area contributed by atoms with E-state index in [1.165, 1.54) is 0 Å². The van der Waals surface area contributed by atoms with Crippen molar-refractivity contribution in [2.75, 3.05) is 25.0 Å². The lowest BCUT2D eigenvalue weighted by Gasteiger charge is -2.36. The van der Waals surface area contributed by atoms with E-state index in [1.54, 1.807) is 0 Å². The number of aromatic nitrogens is 2. The zero-order chi connectivity index (χ0) is 20.1. The first-order valence-electron chi connectivity index (χ1n) is 10.0. The number of nitrogens with zero attached hydrogens (tertiary/aromatic N) is 3. The van der Waals surface area contributed by atoms with Crippen LogP contribution in [-0.4, -0.2) is 52.3 Å². The number of carbonyl (C=O) groups excluding carboxylic acids is 1. The van der Waals surface area contributed by atoms with Crippen molar-refractivity contribution in [3.63, 3.8) is 0 Å². The van der Waals surface area contributed by atoms with Crippen molar-refractivity contribution in [3.8, 4) is 5.88 Å². The summed E-state index contributed by atoms with van der Waals surface area (Å²) in [5.74, 6) is 1.09. The number of rotatable bonds is 5. The van der Waals surface area contributed by atoms with Crippen LogP contribution in [0.5, 0.6) is 5.88 Å². The molecule has 1 aliphatic rings. The number of benzene rings is 1. The predicted octanol–water partition coefficient (Wildman–Crippen LogP) is 4.23. The van der Waals surface area contributed by atoms with Crippen LogP contribution in [0.25, 0.3) is 11.0 Å². The molecule has 0 unspecified atom stereocenters. The Bertz CT molecular complexity index is 819. The van der Waals surface area contributed by atoms with Crippen LogP contribution < -0.4 is 10.1 Å². The minimum absolute atomic E-state index is 0.0475. The summed E-state index contributed by atoms with van der Waals surface area (Å²) in [5, 5.41) is 3.36. The zero-order valence-corrected chi connectivity index (χ0v) is 17.2. The zero-order valence-electron chi connectivity index (χ0n) is 17.2. The third-order valence-electron chi connectivity index (χ3n) is 4.58. The van der Waals surface area contributed by atoms with E-state index in [1.807, 2.05) is 56.9 Å². The number of nitrogens with one attached hydrogen (secondary N) is 1. The van der Waals surface area contributed by atoms with Gasteiger partial charge in [-0.05, 0) is 59.1 Å². The molecule has 1 amide bonds. The van der Waals surface area contributed by atoms with Gasteiger partial charge in [0, 0.05) is 13.1 Å². The quantitative estimate of drug-likeness (QED) is 0.829. The molecule has 3 rings (SSSR count). The molecule has 1 saturated heterocycles.